The Labute approximate surface area is 115 Å². The molecule has 2 amide bonds. The molecule has 106 valence electrons. The molecule has 1 aromatic heterocycles. The highest BCUT2D eigenvalue weighted by Gasteiger charge is 2.20. The number of hydrogen-bond donors (Lipinski definition) is 1. The van der Waals surface area contributed by atoms with Gasteiger partial charge in [-0.2, -0.15) is 5.10 Å². The number of nitrogens with one attached hydrogen (secondary N) is 1. The van der Waals surface area contributed by atoms with Crippen LogP contribution >= 0.6 is 0 Å². The molecule has 0 aromatic carbocycles. The zero-order valence-corrected chi connectivity index (χ0v) is 11.9. The van der Waals surface area contributed by atoms with E-state index in [4.69, 9.17) is 0 Å². The molecule has 2 rings (SSSR count). The van der Waals surface area contributed by atoms with Crippen LogP contribution in [0.4, 0.5) is 4.79 Å². The van der Waals surface area contributed by atoms with Crippen LogP contribution in [-0.4, -0.2) is 40.3 Å². The second-order valence-corrected chi connectivity index (χ2v) is 5.69. The van der Waals surface area contributed by atoms with E-state index in [1.807, 2.05) is 21.8 Å². The minimum Gasteiger partial charge on any atom is -0.338 e. The normalized spacial score (nSPS) is 18.3. The number of nitrogens with zero attached hydrogens (tertiary/aromatic N) is 3. The molecule has 0 bridgehead atoms. The maximum absolute atomic E-state index is 12.0. The van der Waals surface area contributed by atoms with Crippen molar-refractivity contribution in [1.29, 1.82) is 0 Å². The summed E-state index contributed by atoms with van der Waals surface area (Å²) in [7, 11) is 0. The van der Waals surface area contributed by atoms with E-state index in [0.29, 0.717) is 12.5 Å². The summed E-state index contributed by atoms with van der Waals surface area (Å²) in [6.45, 7) is 7.69. The van der Waals surface area contributed by atoms with Crippen LogP contribution in [0.15, 0.2) is 18.5 Å². The molecule has 0 saturated carbocycles. The number of carbonyl (C=O) groups is 1. The third-order valence-electron chi connectivity index (χ3n) is 3.73. The number of carbonyl (C=O) groups excluding carboxylic acids is 1. The lowest BCUT2D eigenvalue weighted by Gasteiger charge is -2.30. The number of urea groups is 1. The molecule has 1 aromatic rings. The van der Waals surface area contributed by atoms with E-state index in [-0.39, 0.29) is 6.03 Å². The first-order chi connectivity index (χ1) is 9.15. The van der Waals surface area contributed by atoms with Crippen LogP contribution in [0.25, 0.3) is 0 Å². The molecule has 2 heterocycles. The molecule has 1 N–H and O–H groups in total. The van der Waals surface area contributed by atoms with E-state index in [1.165, 1.54) is 0 Å². The summed E-state index contributed by atoms with van der Waals surface area (Å²) in [6.07, 6.45) is 5.97. The first-order valence-corrected chi connectivity index (χ1v) is 7.15. The highest BCUT2D eigenvalue weighted by molar-refractivity contribution is 5.74. The predicted octanol–water partition coefficient (Wildman–Crippen LogP) is 1.96. The van der Waals surface area contributed by atoms with E-state index in [0.717, 1.165) is 38.4 Å². The number of piperidine rings is 1. The highest BCUT2D eigenvalue weighted by atomic mass is 16.2. The molecule has 1 aliphatic heterocycles. The van der Waals surface area contributed by atoms with Crippen molar-refractivity contribution in [3.8, 4) is 0 Å². The number of aromatic nitrogens is 2. The smallest absolute Gasteiger partial charge is 0.317 e. The Kier molecular flexibility index (Phi) is 4.82. The van der Waals surface area contributed by atoms with Crippen LogP contribution in [0.1, 0.15) is 26.7 Å². The molecular formula is C14H24N4O. The van der Waals surface area contributed by atoms with Gasteiger partial charge in [0.05, 0.1) is 0 Å². The molecule has 0 aliphatic carbocycles. The van der Waals surface area contributed by atoms with Crippen molar-refractivity contribution in [3.05, 3.63) is 18.5 Å². The Morgan fingerprint density at radius 2 is 2.21 bits per heavy atom. The lowest BCUT2D eigenvalue weighted by molar-refractivity contribution is 0.172. The van der Waals surface area contributed by atoms with Gasteiger partial charge in [-0.1, -0.05) is 13.8 Å². The van der Waals surface area contributed by atoms with Crippen molar-refractivity contribution in [3.63, 3.8) is 0 Å². The van der Waals surface area contributed by atoms with Crippen LogP contribution in [-0.2, 0) is 6.54 Å². The van der Waals surface area contributed by atoms with Crippen LogP contribution in [0.2, 0.25) is 0 Å². The molecule has 1 atom stereocenters. The first kappa shape index (κ1) is 13.9. The van der Waals surface area contributed by atoms with E-state index in [1.54, 1.807) is 6.20 Å². The van der Waals surface area contributed by atoms with Gasteiger partial charge >= 0.3 is 6.03 Å². The fraction of sp³-hybridized carbons (Fsp3) is 0.714. The molecule has 5 heteroatoms. The maximum atomic E-state index is 12.0. The lowest BCUT2D eigenvalue weighted by Crippen LogP contribution is -2.45. The van der Waals surface area contributed by atoms with Crippen LogP contribution in [0.3, 0.4) is 0 Å². The second-order valence-electron chi connectivity index (χ2n) is 5.69. The Morgan fingerprint density at radius 1 is 1.47 bits per heavy atom. The standard InChI is InChI=1S/C14H24N4O/c1-12-4-8-17(9-5-12)14(19)15-10-13(2)11-18-7-3-6-16-18/h3,6-7,12-13H,4-5,8-11H2,1-2H3,(H,15,19). The van der Waals surface area contributed by atoms with E-state index in [2.05, 4.69) is 24.3 Å². The largest absolute Gasteiger partial charge is 0.338 e. The molecule has 1 fully saturated rings. The number of amides is 2. The van der Waals surface area contributed by atoms with Crippen LogP contribution in [0.5, 0.6) is 0 Å². The van der Waals surface area contributed by atoms with E-state index < -0.39 is 0 Å². The topological polar surface area (TPSA) is 50.2 Å². The summed E-state index contributed by atoms with van der Waals surface area (Å²) in [4.78, 5) is 13.9. The van der Waals surface area contributed by atoms with Gasteiger partial charge in [0, 0.05) is 38.6 Å². The predicted molar refractivity (Wildman–Crippen MR) is 74.8 cm³/mol. The summed E-state index contributed by atoms with van der Waals surface area (Å²) in [6, 6.07) is 2.00. The Bertz CT molecular complexity index is 382. The van der Waals surface area contributed by atoms with Crippen molar-refractivity contribution < 1.29 is 4.79 Å². The first-order valence-electron chi connectivity index (χ1n) is 7.15. The third kappa shape index (κ3) is 4.26. The maximum Gasteiger partial charge on any atom is 0.317 e. The highest BCUT2D eigenvalue weighted by Crippen LogP contribution is 2.15. The van der Waals surface area contributed by atoms with Crippen molar-refractivity contribution in [2.24, 2.45) is 11.8 Å². The fourth-order valence-corrected chi connectivity index (χ4v) is 2.38. The lowest BCUT2D eigenvalue weighted by atomic mass is 10.00. The van der Waals surface area contributed by atoms with Gasteiger partial charge < -0.3 is 10.2 Å². The molecule has 5 nitrogen and oxygen atoms in total. The summed E-state index contributed by atoms with van der Waals surface area (Å²) in [5.74, 6) is 1.13. The van der Waals surface area contributed by atoms with Gasteiger partial charge in [-0.3, -0.25) is 4.68 Å². The molecule has 1 saturated heterocycles. The fourth-order valence-electron chi connectivity index (χ4n) is 2.38. The Hall–Kier alpha value is -1.52. The summed E-state index contributed by atoms with van der Waals surface area (Å²) in [5.41, 5.74) is 0. The van der Waals surface area contributed by atoms with Crippen molar-refractivity contribution in [2.75, 3.05) is 19.6 Å². The summed E-state index contributed by atoms with van der Waals surface area (Å²) >= 11 is 0. The van der Waals surface area contributed by atoms with Crippen molar-refractivity contribution in [1.82, 2.24) is 20.0 Å². The van der Waals surface area contributed by atoms with Gasteiger partial charge in [-0.25, -0.2) is 4.79 Å². The minimum absolute atomic E-state index is 0.0826. The number of likely N-dealkylation sites (tertiary alicyclic amines) is 1. The Balaban J connectivity index is 1.68. The van der Waals surface area contributed by atoms with Crippen LogP contribution < -0.4 is 5.32 Å². The molecule has 0 spiro atoms. The molecule has 1 aliphatic rings. The molecular weight excluding hydrogens is 240 g/mol. The quantitative estimate of drug-likeness (QED) is 0.903. The number of hydrogen-bond acceptors (Lipinski definition) is 2. The van der Waals surface area contributed by atoms with Crippen LogP contribution in [0, 0.1) is 11.8 Å². The average molecular weight is 264 g/mol. The van der Waals surface area contributed by atoms with Gasteiger partial charge in [0.1, 0.15) is 0 Å². The average Bonchev–Trinajstić information content (AvgIpc) is 2.89. The molecule has 1 unspecified atom stereocenters. The SMILES string of the molecule is CC1CCN(C(=O)NCC(C)Cn2cccn2)CC1. The second kappa shape index (κ2) is 6.59. The van der Waals surface area contributed by atoms with E-state index >= 15 is 0 Å². The van der Waals surface area contributed by atoms with Gasteiger partial charge in [0.2, 0.25) is 0 Å². The molecule has 0 radical (unpaired) electrons. The number of rotatable bonds is 4. The third-order valence-corrected chi connectivity index (χ3v) is 3.73. The zero-order chi connectivity index (χ0) is 13.7. The monoisotopic (exact) mass is 264 g/mol. The van der Waals surface area contributed by atoms with Crippen molar-refractivity contribution in [2.45, 2.75) is 33.2 Å². The van der Waals surface area contributed by atoms with Gasteiger partial charge in [0.15, 0.2) is 0 Å². The molecule has 19 heavy (non-hydrogen) atoms. The van der Waals surface area contributed by atoms with Gasteiger partial charge in [0.25, 0.3) is 0 Å². The summed E-state index contributed by atoms with van der Waals surface area (Å²) < 4.78 is 1.90. The summed E-state index contributed by atoms with van der Waals surface area (Å²) in [5, 5.41) is 7.20. The van der Waals surface area contributed by atoms with Crippen molar-refractivity contribution >= 4 is 6.03 Å². The van der Waals surface area contributed by atoms with E-state index in [9.17, 15) is 4.79 Å². The zero-order valence-electron chi connectivity index (χ0n) is 11.9. The van der Waals surface area contributed by atoms with Gasteiger partial charge in [-0.05, 0) is 30.7 Å². The Morgan fingerprint density at radius 3 is 2.84 bits per heavy atom. The minimum atomic E-state index is 0.0826. The van der Waals surface area contributed by atoms with Gasteiger partial charge in [-0.15, -0.1) is 0 Å².